The lowest BCUT2D eigenvalue weighted by Crippen LogP contribution is -2.35. The summed E-state index contributed by atoms with van der Waals surface area (Å²) in [6.07, 6.45) is 1.15. The number of hydrogen-bond acceptors (Lipinski definition) is 2. The summed E-state index contributed by atoms with van der Waals surface area (Å²) in [7, 11) is 0. The molecule has 0 aliphatic heterocycles. The first-order valence-electron chi connectivity index (χ1n) is 6.46. The van der Waals surface area contributed by atoms with E-state index in [4.69, 9.17) is 11.6 Å². The fraction of sp³-hybridized carbons (Fsp3) is 0.429. The number of rotatable bonds is 6. The highest BCUT2D eigenvalue weighted by molar-refractivity contribution is 9.10. The van der Waals surface area contributed by atoms with Gasteiger partial charge in [-0.05, 0) is 47.5 Å². The molecule has 0 spiro atoms. The van der Waals surface area contributed by atoms with E-state index in [0.717, 1.165) is 6.42 Å². The lowest BCUT2D eigenvalue weighted by Gasteiger charge is -2.11. The smallest absolute Gasteiger partial charge is 0.252 e. The molecule has 2 amide bonds. The van der Waals surface area contributed by atoms with E-state index in [9.17, 15) is 9.59 Å². The van der Waals surface area contributed by atoms with Crippen molar-refractivity contribution in [2.75, 3.05) is 6.54 Å². The van der Waals surface area contributed by atoms with Gasteiger partial charge in [0.05, 0.1) is 5.56 Å². The van der Waals surface area contributed by atoms with E-state index < -0.39 is 0 Å². The second-order valence-electron chi connectivity index (χ2n) is 4.51. The van der Waals surface area contributed by atoms with Crippen molar-refractivity contribution in [2.45, 2.75) is 32.7 Å². The molecule has 0 saturated heterocycles. The maximum atomic E-state index is 11.9. The third kappa shape index (κ3) is 5.51. The summed E-state index contributed by atoms with van der Waals surface area (Å²) in [5, 5.41) is 6.11. The van der Waals surface area contributed by atoms with Gasteiger partial charge in [-0.3, -0.25) is 9.59 Å². The second-order valence-corrected chi connectivity index (χ2v) is 5.80. The maximum absolute atomic E-state index is 11.9. The highest BCUT2D eigenvalue weighted by Gasteiger charge is 2.11. The summed E-state index contributed by atoms with van der Waals surface area (Å²) in [6.45, 7) is 4.25. The fourth-order valence-electron chi connectivity index (χ4n) is 1.51. The predicted molar refractivity (Wildman–Crippen MR) is 84.0 cm³/mol. The van der Waals surface area contributed by atoms with Crippen LogP contribution < -0.4 is 10.6 Å². The lowest BCUT2D eigenvalue weighted by molar-refractivity contribution is -0.121. The highest BCUT2D eigenvalue weighted by Crippen LogP contribution is 2.21. The van der Waals surface area contributed by atoms with Crippen LogP contribution in [-0.2, 0) is 4.79 Å². The van der Waals surface area contributed by atoms with Gasteiger partial charge >= 0.3 is 0 Å². The van der Waals surface area contributed by atoms with E-state index in [0.29, 0.717) is 21.6 Å². The molecule has 1 aromatic rings. The monoisotopic (exact) mass is 360 g/mol. The first-order valence-corrected chi connectivity index (χ1v) is 7.63. The Morgan fingerprint density at radius 2 is 2.10 bits per heavy atom. The van der Waals surface area contributed by atoms with Crippen LogP contribution >= 0.6 is 27.5 Å². The number of hydrogen-bond donors (Lipinski definition) is 2. The van der Waals surface area contributed by atoms with E-state index in [-0.39, 0.29) is 24.3 Å². The molecule has 0 aliphatic rings. The van der Waals surface area contributed by atoms with Crippen LogP contribution in [0.5, 0.6) is 0 Å². The quantitative estimate of drug-likeness (QED) is 0.818. The standard InChI is InChI=1S/C14H18BrClN2O2/c1-3-9(2)18-13(19)6-7-17-14(20)11-5-4-10(16)8-12(11)15/h4-5,8-9H,3,6-7H2,1-2H3,(H,17,20)(H,18,19). The van der Waals surface area contributed by atoms with Crippen LogP contribution in [0.4, 0.5) is 0 Å². The third-order valence-corrected chi connectivity index (χ3v) is 3.72. The molecule has 0 saturated carbocycles. The van der Waals surface area contributed by atoms with E-state index in [1.54, 1.807) is 18.2 Å². The van der Waals surface area contributed by atoms with Crippen LogP contribution in [-0.4, -0.2) is 24.4 Å². The van der Waals surface area contributed by atoms with Crippen molar-refractivity contribution in [3.8, 4) is 0 Å². The van der Waals surface area contributed by atoms with Gasteiger partial charge in [0.15, 0.2) is 0 Å². The van der Waals surface area contributed by atoms with E-state index in [1.807, 2.05) is 13.8 Å². The zero-order valence-corrected chi connectivity index (χ0v) is 13.8. The maximum Gasteiger partial charge on any atom is 0.252 e. The van der Waals surface area contributed by atoms with Crippen LogP contribution in [0.2, 0.25) is 5.02 Å². The summed E-state index contributed by atoms with van der Waals surface area (Å²) in [6, 6.07) is 5.10. The van der Waals surface area contributed by atoms with Gasteiger partial charge < -0.3 is 10.6 Å². The first-order chi connectivity index (χ1) is 9.43. The molecular formula is C14H18BrClN2O2. The minimum absolute atomic E-state index is 0.0604. The van der Waals surface area contributed by atoms with Crippen molar-refractivity contribution in [1.29, 1.82) is 0 Å². The minimum Gasteiger partial charge on any atom is -0.354 e. The summed E-state index contributed by atoms with van der Waals surface area (Å²) >= 11 is 9.10. The molecule has 0 aliphatic carbocycles. The number of halogens is 2. The molecular weight excluding hydrogens is 344 g/mol. The molecule has 20 heavy (non-hydrogen) atoms. The molecule has 6 heteroatoms. The van der Waals surface area contributed by atoms with Gasteiger partial charge in [0.25, 0.3) is 5.91 Å². The van der Waals surface area contributed by atoms with E-state index >= 15 is 0 Å². The average Bonchev–Trinajstić information content (AvgIpc) is 2.38. The Bertz CT molecular complexity index is 494. The molecule has 2 N–H and O–H groups in total. The summed E-state index contributed by atoms with van der Waals surface area (Å²) < 4.78 is 0.631. The highest BCUT2D eigenvalue weighted by atomic mass is 79.9. The molecule has 1 atom stereocenters. The molecule has 1 aromatic carbocycles. The van der Waals surface area contributed by atoms with Gasteiger partial charge in [0.1, 0.15) is 0 Å². The Hall–Kier alpha value is -1.07. The molecule has 0 heterocycles. The number of benzene rings is 1. The molecule has 1 rings (SSSR count). The van der Waals surface area contributed by atoms with Gasteiger partial charge in [-0.15, -0.1) is 0 Å². The molecule has 1 unspecified atom stereocenters. The Balaban J connectivity index is 2.42. The van der Waals surface area contributed by atoms with Gasteiger partial charge in [0.2, 0.25) is 5.91 Å². The van der Waals surface area contributed by atoms with Gasteiger partial charge in [-0.25, -0.2) is 0 Å². The normalized spacial score (nSPS) is 11.8. The van der Waals surface area contributed by atoms with Crippen LogP contribution in [0.25, 0.3) is 0 Å². The third-order valence-electron chi connectivity index (χ3n) is 2.83. The summed E-state index contributed by atoms with van der Waals surface area (Å²) in [4.78, 5) is 23.5. The predicted octanol–water partition coefficient (Wildman–Crippen LogP) is 3.14. The van der Waals surface area contributed by atoms with Crippen molar-refractivity contribution in [3.63, 3.8) is 0 Å². The zero-order valence-electron chi connectivity index (χ0n) is 11.5. The topological polar surface area (TPSA) is 58.2 Å². The van der Waals surface area contributed by atoms with E-state index in [2.05, 4.69) is 26.6 Å². The lowest BCUT2D eigenvalue weighted by atomic mass is 10.2. The summed E-state index contributed by atoms with van der Waals surface area (Å²) in [5.74, 6) is -0.292. The molecule has 0 fully saturated rings. The number of carbonyl (C=O) groups excluding carboxylic acids is 2. The summed E-state index contributed by atoms with van der Waals surface area (Å²) in [5.41, 5.74) is 0.497. The average molecular weight is 362 g/mol. The Morgan fingerprint density at radius 3 is 2.70 bits per heavy atom. The van der Waals surface area contributed by atoms with Gasteiger partial charge in [-0.2, -0.15) is 0 Å². The molecule has 0 bridgehead atoms. The molecule has 0 aromatic heterocycles. The van der Waals surface area contributed by atoms with E-state index in [1.165, 1.54) is 0 Å². The molecule has 110 valence electrons. The molecule has 4 nitrogen and oxygen atoms in total. The van der Waals surface area contributed by atoms with Crippen molar-refractivity contribution < 1.29 is 9.59 Å². The van der Waals surface area contributed by atoms with Crippen LogP contribution in [0.1, 0.15) is 37.0 Å². The van der Waals surface area contributed by atoms with Crippen molar-refractivity contribution >= 4 is 39.3 Å². The minimum atomic E-state index is -0.232. The van der Waals surface area contributed by atoms with Crippen LogP contribution in [0.15, 0.2) is 22.7 Å². The fourth-order valence-corrected chi connectivity index (χ4v) is 2.37. The Kier molecular flexibility index (Phi) is 7.02. The Morgan fingerprint density at radius 1 is 1.40 bits per heavy atom. The van der Waals surface area contributed by atoms with Crippen LogP contribution in [0.3, 0.4) is 0 Å². The number of amides is 2. The number of carbonyl (C=O) groups is 2. The molecule has 0 radical (unpaired) electrons. The second kappa shape index (κ2) is 8.27. The number of nitrogens with one attached hydrogen (secondary N) is 2. The van der Waals surface area contributed by atoms with Crippen LogP contribution in [0, 0.1) is 0 Å². The SMILES string of the molecule is CCC(C)NC(=O)CCNC(=O)c1ccc(Cl)cc1Br. The van der Waals surface area contributed by atoms with Gasteiger partial charge in [-0.1, -0.05) is 18.5 Å². The zero-order chi connectivity index (χ0) is 15.1. The van der Waals surface area contributed by atoms with Gasteiger partial charge in [0, 0.05) is 28.5 Å². The van der Waals surface area contributed by atoms with Crippen molar-refractivity contribution in [2.24, 2.45) is 0 Å². The van der Waals surface area contributed by atoms with Crippen molar-refractivity contribution in [3.05, 3.63) is 33.3 Å². The Labute approximate surface area is 132 Å². The van der Waals surface area contributed by atoms with Crippen molar-refractivity contribution in [1.82, 2.24) is 10.6 Å². The first kappa shape index (κ1) is 17.0. The largest absolute Gasteiger partial charge is 0.354 e.